The SMILES string of the molecule is CC.CC(C)(O)O.CCCCOC(=O)C1CC(C)C(n2ccc(=O)[nH]c2=O)O1. The molecular formula is C19H34N2O7. The lowest BCUT2D eigenvalue weighted by Gasteiger charge is -2.17. The van der Waals surface area contributed by atoms with Crippen molar-refractivity contribution in [2.24, 2.45) is 5.92 Å². The van der Waals surface area contributed by atoms with E-state index in [-0.39, 0.29) is 5.92 Å². The van der Waals surface area contributed by atoms with Crippen molar-refractivity contribution in [3.63, 3.8) is 0 Å². The molecule has 1 aliphatic rings. The number of aliphatic hydroxyl groups is 2. The summed E-state index contributed by atoms with van der Waals surface area (Å²) in [4.78, 5) is 36.9. The number of hydrogen-bond acceptors (Lipinski definition) is 7. The van der Waals surface area contributed by atoms with Gasteiger partial charge in [-0.3, -0.25) is 14.3 Å². The average molecular weight is 402 g/mol. The van der Waals surface area contributed by atoms with Crippen molar-refractivity contribution < 1.29 is 24.5 Å². The molecule has 0 spiro atoms. The van der Waals surface area contributed by atoms with Crippen LogP contribution in [0.3, 0.4) is 0 Å². The quantitative estimate of drug-likeness (QED) is 0.387. The molecule has 0 bridgehead atoms. The standard InChI is InChI=1S/C14H20N2O5.C3H8O2.C2H6/c1-3-4-7-20-13(18)10-8-9(2)12(21-10)16-6-5-11(17)15-14(16)19;1-3(2,4)5;1-2/h5-6,9-10,12H,3-4,7-8H2,1-2H3,(H,15,17,19);4-5H,1-2H3;1-2H3. The maximum atomic E-state index is 11.9. The predicted octanol–water partition coefficient (Wildman–Crippen LogP) is 1.54. The zero-order valence-electron chi connectivity index (χ0n) is 17.6. The number of carbonyl (C=O) groups is 1. The highest BCUT2D eigenvalue weighted by Crippen LogP contribution is 2.33. The first-order chi connectivity index (χ1) is 13.0. The number of unbranched alkanes of at least 4 members (excludes halogenated alkanes) is 1. The van der Waals surface area contributed by atoms with Gasteiger partial charge in [-0.2, -0.15) is 0 Å². The molecular weight excluding hydrogens is 368 g/mol. The van der Waals surface area contributed by atoms with E-state index in [4.69, 9.17) is 19.7 Å². The van der Waals surface area contributed by atoms with Crippen LogP contribution >= 0.6 is 0 Å². The fourth-order valence-corrected chi connectivity index (χ4v) is 2.34. The van der Waals surface area contributed by atoms with E-state index in [2.05, 4.69) is 4.98 Å². The Hall–Kier alpha value is -1.97. The summed E-state index contributed by atoms with van der Waals surface area (Å²) in [6.45, 7) is 10.9. The summed E-state index contributed by atoms with van der Waals surface area (Å²) >= 11 is 0. The Bertz CT molecular complexity index is 685. The number of nitrogens with one attached hydrogen (secondary N) is 1. The zero-order chi connectivity index (χ0) is 21.9. The van der Waals surface area contributed by atoms with Crippen molar-refractivity contribution in [2.45, 2.75) is 78.9 Å². The number of esters is 1. The van der Waals surface area contributed by atoms with Crippen LogP contribution in [0.25, 0.3) is 0 Å². The molecule has 28 heavy (non-hydrogen) atoms. The van der Waals surface area contributed by atoms with Crippen molar-refractivity contribution >= 4 is 5.97 Å². The first kappa shape index (κ1) is 26.0. The zero-order valence-corrected chi connectivity index (χ0v) is 17.6. The van der Waals surface area contributed by atoms with Crippen LogP contribution < -0.4 is 11.2 Å². The van der Waals surface area contributed by atoms with Crippen molar-refractivity contribution in [2.75, 3.05) is 6.61 Å². The first-order valence-corrected chi connectivity index (χ1v) is 9.61. The van der Waals surface area contributed by atoms with Gasteiger partial charge in [-0.05, 0) is 26.7 Å². The number of carbonyl (C=O) groups excluding carboxylic acids is 1. The van der Waals surface area contributed by atoms with E-state index in [1.54, 1.807) is 0 Å². The highest BCUT2D eigenvalue weighted by Gasteiger charge is 2.38. The summed E-state index contributed by atoms with van der Waals surface area (Å²) < 4.78 is 12.1. The van der Waals surface area contributed by atoms with Gasteiger partial charge in [0, 0.05) is 18.2 Å². The molecule has 2 heterocycles. The number of aromatic nitrogens is 2. The normalized spacial score (nSPS) is 21.1. The summed E-state index contributed by atoms with van der Waals surface area (Å²) in [6, 6.07) is 1.25. The fraction of sp³-hybridized carbons (Fsp3) is 0.737. The predicted molar refractivity (Wildman–Crippen MR) is 105 cm³/mol. The van der Waals surface area contributed by atoms with Gasteiger partial charge < -0.3 is 19.7 Å². The third kappa shape index (κ3) is 9.82. The summed E-state index contributed by atoms with van der Waals surface area (Å²) in [5.74, 6) is -1.92. The van der Waals surface area contributed by atoms with Crippen molar-refractivity contribution in [3.8, 4) is 0 Å². The van der Waals surface area contributed by atoms with Crippen molar-refractivity contribution in [3.05, 3.63) is 33.1 Å². The minimum atomic E-state index is -1.50. The second-order valence-electron chi connectivity index (χ2n) is 6.76. The molecule has 3 unspecified atom stereocenters. The molecule has 9 nitrogen and oxygen atoms in total. The van der Waals surface area contributed by atoms with Gasteiger partial charge in [0.1, 0.15) is 6.23 Å². The molecule has 1 aromatic rings. The molecule has 1 fully saturated rings. The van der Waals surface area contributed by atoms with Gasteiger partial charge in [-0.1, -0.05) is 34.1 Å². The Morgan fingerprint density at radius 3 is 2.43 bits per heavy atom. The topological polar surface area (TPSA) is 131 Å². The van der Waals surface area contributed by atoms with E-state index in [1.807, 2.05) is 27.7 Å². The van der Waals surface area contributed by atoms with Crippen LogP contribution in [0.15, 0.2) is 21.9 Å². The minimum Gasteiger partial charge on any atom is -0.464 e. The lowest BCUT2D eigenvalue weighted by atomic mass is 10.1. The summed E-state index contributed by atoms with van der Waals surface area (Å²) in [7, 11) is 0. The van der Waals surface area contributed by atoms with E-state index < -0.39 is 35.3 Å². The molecule has 2 rings (SSSR count). The molecule has 0 saturated carbocycles. The lowest BCUT2D eigenvalue weighted by molar-refractivity contribution is -0.158. The third-order valence-corrected chi connectivity index (χ3v) is 3.51. The molecule has 0 amide bonds. The molecule has 0 aromatic carbocycles. The molecule has 0 radical (unpaired) electrons. The molecule has 3 atom stereocenters. The van der Waals surface area contributed by atoms with Crippen molar-refractivity contribution in [1.82, 2.24) is 9.55 Å². The number of hydrogen-bond donors (Lipinski definition) is 3. The first-order valence-electron chi connectivity index (χ1n) is 9.61. The number of H-pyrrole nitrogens is 1. The Balaban J connectivity index is 0.000000906. The van der Waals surface area contributed by atoms with Crippen LogP contribution in [0, 0.1) is 5.92 Å². The van der Waals surface area contributed by atoms with E-state index in [1.165, 1.54) is 30.7 Å². The Morgan fingerprint density at radius 2 is 1.93 bits per heavy atom. The van der Waals surface area contributed by atoms with E-state index in [9.17, 15) is 14.4 Å². The van der Waals surface area contributed by atoms with Crippen LogP contribution in [0.2, 0.25) is 0 Å². The van der Waals surface area contributed by atoms with Gasteiger partial charge in [0.15, 0.2) is 11.9 Å². The monoisotopic (exact) mass is 402 g/mol. The lowest BCUT2D eigenvalue weighted by Crippen LogP contribution is -2.33. The number of rotatable bonds is 5. The highest BCUT2D eigenvalue weighted by atomic mass is 16.6. The summed E-state index contributed by atoms with van der Waals surface area (Å²) in [5, 5.41) is 16.2. The van der Waals surface area contributed by atoms with Crippen LogP contribution in [-0.2, 0) is 14.3 Å². The van der Waals surface area contributed by atoms with Gasteiger partial charge in [0.25, 0.3) is 5.56 Å². The average Bonchev–Trinajstić information content (AvgIpc) is 2.97. The molecule has 1 aliphatic heterocycles. The van der Waals surface area contributed by atoms with Crippen LogP contribution in [0.1, 0.15) is 67.0 Å². The molecule has 1 aromatic heterocycles. The molecule has 0 aliphatic carbocycles. The summed E-state index contributed by atoms with van der Waals surface area (Å²) in [5.41, 5.74) is -1.00. The molecule has 9 heteroatoms. The number of ether oxygens (including phenoxy) is 2. The van der Waals surface area contributed by atoms with E-state index in [0.717, 1.165) is 12.8 Å². The number of aromatic amines is 1. The van der Waals surface area contributed by atoms with E-state index in [0.29, 0.717) is 13.0 Å². The second kappa shape index (κ2) is 12.5. The van der Waals surface area contributed by atoms with Gasteiger partial charge in [0.2, 0.25) is 0 Å². The van der Waals surface area contributed by atoms with Gasteiger partial charge in [0.05, 0.1) is 6.61 Å². The van der Waals surface area contributed by atoms with Gasteiger partial charge in [-0.25, -0.2) is 9.59 Å². The third-order valence-electron chi connectivity index (χ3n) is 3.51. The number of nitrogens with zero attached hydrogens (tertiary/aromatic N) is 1. The summed E-state index contributed by atoms with van der Waals surface area (Å²) in [6.07, 6.45) is 2.40. The van der Waals surface area contributed by atoms with Gasteiger partial charge in [-0.15, -0.1) is 0 Å². The van der Waals surface area contributed by atoms with Crippen molar-refractivity contribution in [1.29, 1.82) is 0 Å². The van der Waals surface area contributed by atoms with Crippen LogP contribution in [-0.4, -0.2) is 44.2 Å². The Kier molecular flexibility index (Phi) is 11.6. The second-order valence-corrected chi connectivity index (χ2v) is 6.76. The van der Waals surface area contributed by atoms with E-state index >= 15 is 0 Å². The van der Waals surface area contributed by atoms with Gasteiger partial charge >= 0.3 is 11.7 Å². The fourth-order valence-electron chi connectivity index (χ4n) is 2.34. The highest BCUT2D eigenvalue weighted by molar-refractivity contribution is 5.75. The molecule has 162 valence electrons. The smallest absolute Gasteiger partial charge is 0.335 e. The largest absolute Gasteiger partial charge is 0.464 e. The molecule has 1 saturated heterocycles. The molecule has 3 N–H and O–H groups in total. The minimum absolute atomic E-state index is 0.0303. The maximum absolute atomic E-state index is 11.9. The Labute approximate surface area is 165 Å². The van der Waals surface area contributed by atoms with Crippen LogP contribution in [0.5, 0.6) is 0 Å². The Morgan fingerprint density at radius 1 is 1.36 bits per heavy atom. The maximum Gasteiger partial charge on any atom is 0.335 e. The van der Waals surface area contributed by atoms with Crippen LogP contribution in [0.4, 0.5) is 0 Å².